The van der Waals surface area contributed by atoms with Crippen LogP contribution in [0.4, 0.5) is 10.1 Å². The predicted molar refractivity (Wildman–Crippen MR) is 120 cm³/mol. The number of nitrogens with zero attached hydrogens (tertiary/aromatic N) is 2. The molecule has 1 aliphatic rings. The quantitative estimate of drug-likeness (QED) is 0.619. The van der Waals surface area contributed by atoms with Gasteiger partial charge in [-0.3, -0.25) is 14.6 Å². The summed E-state index contributed by atoms with van der Waals surface area (Å²) >= 11 is 11.9. The lowest BCUT2D eigenvalue weighted by atomic mass is 10.1. The van der Waals surface area contributed by atoms with Crippen LogP contribution in [-0.2, 0) is 4.79 Å². The van der Waals surface area contributed by atoms with E-state index in [2.05, 4.69) is 15.1 Å². The number of piperazine rings is 1. The number of anilines is 1. The summed E-state index contributed by atoms with van der Waals surface area (Å²) in [5, 5.41) is 14.0. The fourth-order valence-corrected chi connectivity index (χ4v) is 3.83. The van der Waals surface area contributed by atoms with E-state index in [0.29, 0.717) is 41.9 Å². The molecule has 0 aromatic heterocycles. The summed E-state index contributed by atoms with van der Waals surface area (Å²) in [5.41, 5.74) is 0.601. The highest BCUT2D eigenvalue weighted by atomic mass is 35.5. The summed E-state index contributed by atoms with van der Waals surface area (Å²) in [5.74, 6) is -0.444. The largest absolute Gasteiger partial charge is 0.488 e. The van der Waals surface area contributed by atoms with E-state index in [4.69, 9.17) is 27.9 Å². The molecule has 3 rings (SSSR count). The third-order valence-corrected chi connectivity index (χ3v) is 5.87. The van der Waals surface area contributed by atoms with Gasteiger partial charge in [0.2, 0.25) is 5.91 Å². The lowest BCUT2D eigenvalue weighted by Crippen LogP contribution is -2.55. The van der Waals surface area contributed by atoms with Crippen LogP contribution in [0.1, 0.15) is 6.92 Å². The normalized spacial score (nSPS) is 18.5. The second-order valence-corrected chi connectivity index (χ2v) is 8.47. The van der Waals surface area contributed by atoms with Crippen molar-refractivity contribution in [3.8, 4) is 5.75 Å². The summed E-state index contributed by atoms with van der Waals surface area (Å²) in [4.78, 5) is 16.6. The highest BCUT2D eigenvalue weighted by molar-refractivity contribution is 6.42. The number of aliphatic hydroxyl groups excluding tert-OH is 1. The van der Waals surface area contributed by atoms with E-state index in [1.807, 2.05) is 6.92 Å². The fourth-order valence-electron chi connectivity index (χ4n) is 3.53. The molecule has 0 aliphatic carbocycles. The maximum absolute atomic E-state index is 13.6. The molecule has 1 aliphatic heterocycles. The molecule has 0 saturated carbocycles. The molecule has 2 aromatic rings. The van der Waals surface area contributed by atoms with E-state index in [9.17, 15) is 14.3 Å². The molecule has 1 saturated heterocycles. The zero-order chi connectivity index (χ0) is 22.4. The SMILES string of the molecule is C[C@H]1CN(CC(=O)Nc2ccc(Cl)c(Cl)c2)CCN1C[C@@H](O)COc1ccccc1F. The number of β-amino-alcohol motifs (C(OH)–C–C–N with tert-alkyl or cyclic N) is 1. The molecule has 2 N–H and O–H groups in total. The average Bonchev–Trinajstić information content (AvgIpc) is 2.72. The number of amides is 1. The van der Waals surface area contributed by atoms with Crippen molar-refractivity contribution in [1.29, 1.82) is 0 Å². The third kappa shape index (κ3) is 7.05. The van der Waals surface area contributed by atoms with Gasteiger partial charge in [0.15, 0.2) is 11.6 Å². The van der Waals surface area contributed by atoms with Crippen LogP contribution in [0.5, 0.6) is 5.75 Å². The molecule has 0 bridgehead atoms. The molecule has 9 heteroatoms. The van der Waals surface area contributed by atoms with Crippen molar-refractivity contribution in [3.05, 3.63) is 58.3 Å². The first kappa shape index (κ1) is 23.8. The van der Waals surface area contributed by atoms with E-state index in [0.717, 1.165) is 0 Å². The lowest BCUT2D eigenvalue weighted by molar-refractivity contribution is -0.118. The van der Waals surface area contributed by atoms with Gasteiger partial charge >= 0.3 is 0 Å². The summed E-state index contributed by atoms with van der Waals surface area (Å²) in [7, 11) is 0. The lowest BCUT2D eigenvalue weighted by Gasteiger charge is -2.40. The first-order valence-corrected chi connectivity index (χ1v) is 10.8. The molecular weight excluding hydrogens is 444 g/mol. The molecule has 31 heavy (non-hydrogen) atoms. The summed E-state index contributed by atoms with van der Waals surface area (Å²) in [6, 6.07) is 11.2. The van der Waals surface area contributed by atoms with Gasteiger partial charge in [0.05, 0.1) is 16.6 Å². The van der Waals surface area contributed by atoms with Crippen LogP contribution in [0.25, 0.3) is 0 Å². The molecular formula is C22H26Cl2FN3O3. The summed E-state index contributed by atoms with van der Waals surface area (Å²) in [6.45, 7) is 4.83. The Bertz CT molecular complexity index is 902. The van der Waals surface area contributed by atoms with E-state index >= 15 is 0 Å². The average molecular weight is 470 g/mol. The number of carbonyl (C=O) groups excluding carboxylic acids is 1. The van der Waals surface area contributed by atoms with E-state index < -0.39 is 11.9 Å². The van der Waals surface area contributed by atoms with Crippen molar-refractivity contribution in [2.75, 3.05) is 44.6 Å². The molecule has 168 valence electrons. The van der Waals surface area contributed by atoms with Crippen LogP contribution in [0.2, 0.25) is 10.0 Å². The highest BCUT2D eigenvalue weighted by Crippen LogP contribution is 2.25. The highest BCUT2D eigenvalue weighted by Gasteiger charge is 2.26. The molecule has 0 spiro atoms. The van der Waals surface area contributed by atoms with Gasteiger partial charge in [0.1, 0.15) is 12.7 Å². The first-order chi connectivity index (χ1) is 14.8. The first-order valence-electron chi connectivity index (χ1n) is 10.1. The molecule has 0 unspecified atom stereocenters. The Kier molecular flexibility index (Phi) is 8.51. The third-order valence-electron chi connectivity index (χ3n) is 5.13. The van der Waals surface area contributed by atoms with Gasteiger partial charge in [0.25, 0.3) is 0 Å². The number of benzene rings is 2. The van der Waals surface area contributed by atoms with Crippen molar-refractivity contribution in [3.63, 3.8) is 0 Å². The standard InChI is InChI=1S/C22H26Cl2FN3O3/c1-15-11-27(13-22(30)26-16-6-7-18(23)19(24)10-16)8-9-28(15)12-17(29)14-31-21-5-3-2-4-20(21)25/h2-7,10,15,17,29H,8-9,11-14H2,1H3,(H,26,30)/t15-,17+/m0/s1. The Hall–Kier alpha value is -1.90. The van der Waals surface area contributed by atoms with E-state index in [1.165, 1.54) is 12.1 Å². The van der Waals surface area contributed by atoms with Crippen LogP contribution in [-0.4, -0.2) is 72.3 Å². The molecule has 0 radical (unpaired) electrons. The molecule has 2 atom stereocenters. The maximum Gasteiger partial charge on any atom is 0.238 e. The van der Waals surface area contributed by atoms with Crippen LogP contribution in [0.3, 0.4) is 0 Å². The van der Waals surface area contributed by atoms with Gasteiger partial charge in [-0.25, -0.2) is 4.39 Å². The Morgan fingerprint density at radius 1 is 1.26 bits per heavy atom. The number of carbonyl (C=O) groups is 1. The monoisotopic (exact) mass is 469 g/mol. The van der Waals surface area contributed by atoms with Gasteiger partial charge in [0, 0.05) is 37.9 Å². The van der Waals surface area contributed by atoms with Crippen molar-refractivity contribution in [2.24, 2.45) is 0 Å². The summed E-state index contributed by atoms with van der Waals surface area (Å²) in [6.07, 6.45) is -0.744. The van der Waals surface area contributed by atoms with Crippen molar-refractivity contribution in [2.45, 2.75) is 19.1 Å². The number of rotatable bonds is 8. The molecule has 6 nitrogen and oxygen atoms in total. The van der Waals surface area contributed by atoms with Gasteiger partial charge in [-0.2, -0.15) is 0 Å². The minimum Gasteiger partial charge on any atom is -0.488 e. The Morgan fingerprint density at radius 2 is 2.03 bits per heavy atom. The second-order valence-electron chi connectivity index (χ2n) is 7.65. The van der Waals surface area contributed by atoms with Crippen LogP contribution in [0, 0.1) is 5.82 Å². The Balaban J connectivity index is 1.41. The molecule has 1 heterocycles. The van der Waals surface area contributed by atoms with Crippen molar-refractivity contribution in [1.82, 2.24) is 9.80 Å². The van der Waals surface area contributed by atoms with Gasteiger partial charge in [-0.05, 0) is 37.3 Å². The summed E-state index contributed by atoms with van der Waals surface area (Å²) < 4.78 is 19.0. The number of hydrogen-bond acceptors (Lipinski definition) is 5. The van der Waals surface area contributed by atoms with E-state index in [1.54, 1.807) is 30.3 Å². The number of aliphatic hydroxyl groups is 1. The molecule has 1 fully saturated rings. The number of halogens is 3. The van der Waals surface area contributed by atoms with Crippen molar-refractivity contribution < 1.29 is 19.0 Å². The minimum atomic E-state index is -0.744. The number of para-hydroxylation sites is 1. The van der Waals surface area contributed by atoms with Gasteiger partial charge in [-0.1, -0.05) is 35.3 Å². The predicted octanol–water partition coefficient (Wildman–Crippen LogP) is 3.52. The van der Waals surface area contributed by atoms with E-state index in [-0.39, 0.29) is 30.9 Å². The van der Waals surface area contributed by atoms with Crippen LogP contribution >= 0.6 is 23.2 Å². The van der Waals surface area contributed by atoms with Gasteiger partial charge < -0.3 is 15.2 Å². The topological polar surface area (TPSA) is 65.0 Å². The smallest absolute Gasteiger partial charge is 0.238 e. The van der Waals surface area contributed by atoms with Crippen molar-refractivity contribution >= 4 is 34.8 Å². The maximum atomic E-state index is 13.6. The Labute approximate surface area is 191 Å². The zero-order valence-corrected chi connectivity index (χ0v) is 18.7. The fraction of sp³-hybridized carbons (Fsp3) is 0.409. The number of nitrogens with one attached hydrogen (secondary N) is 1. The zero-order valence-electron chi connectivity index (χ0n) is 17.2. The molecule has 1 amide bonds. The number of hydrogen-bond donors (Lipinski definition) is 2. The Morgan fingerprint density at radius 3 is 2.74 bits per heavy atom. The second kappa shape index (κ2) is 11.1. The molecule has 2 aromatic carbocycles. The van der Waals surface area contributed by atoms with Crippen LogP contribution < -0.4 is 10.1 Å². The van der Waals surface area contributed by atoms with Gasteiger partial charge in [-0.15, -0.1) is 0 Å². The number of ether oxygens (including phenoxy) is 1. The van der Waals surface area contributed by atoms with Crippen LogP contribution in [0.15, 0.2) is 42.5 Å². The minimum absolute atomic E-state index is 0.0138.